The SMILES string of the molecule is COC(CNC(=O)N1CCN(c2cccc(C(F)(F)F)c2)CC1)c1ccccc1. The second-order valence-corrected chi connectivity index (χ2v) is 6.84. The van der Waals surface area contributed by atoms with E-state index in [1.54, 1.807) is 18.1 Å². The number of carbonyl (C=O) groups is 1. The lowest BCUT2D eigenvalue weighted by Gasteiger charge is -2.36. The molecule has 0 aromatic heterocycles. The lowest BCUT2D eigenvalue weighted by molar-refractivity contribution is -0.137. The van der Waals surface area contributed by atoms with Crippen molar-refractivity contribution in [3.05, 3.63) is 65.7 Å². The Bertz CT molecular complexity index is 806. The second kappa shape index (κ2) is 9.17. The van der Waals surface area contributed by atoms with Crippen LogP contribution >= 0.6 is 0 Å². The number of halogens is 3. The maximum atomic E-state index is 12.9. The first-order valence-corrected chi connectivity index (χ1v) is 9.41. The van der Waals surface area contributed by atoms with Gasteiger partial charge in [-0.3, -0.25) is 0 Å². The van der Waals surface area contributed by atoms with Crippen molar-refractivity contribution in [2.75, 3.05) is 44.7 Å². The van der Waals surface area contributed by atoms with E-state index in [0.29, 0.717) is 38.4 Å². The third-order valence-corrected chi connectivity index (χ3v) is 5.00. The van der Waals surface area contributed by atoms with Crippen LogP contribution in [0.25, 0.3) is 0 Å². The van der Waals surface area contributed by atoms with Crippen LogP contribution < -0.4 is 10.2 Å². The molecular weight excluding hydrogens is 383 g/mol. The van der Waals surface area contributed by atoms with Crippen LogP contribution in [0.4, 0.5) is 23.7 Å². The molecule has 0 radical (unpaired) electrons. The molecule has 1 unspecified atom stereocenters. The summed E-state index contributed by atoms with van der Waals surface area (Å²) in [6.07, 6.45) is -4.61. The van der Waals surface area contributed by atoms with Crippen LogP contribution in [0.1, 0.15) is 17.2 Å². The number of rotatable bonds is 5. The quantitative estimate of drug-likeness (QED) is 0.817. The van der Waals surface area contributed by atoms with Gasteiger partial charge in [-0.1, -0.05) is 36.4 Å². The molecule has 1 aliphatic rings. The summed E-state index contributed by atoms with van der Waals surface area (Å²) in [5, 5.41) is 2.88. The van der Waals surface area contributed by atoms with Gasteiger partial charge in [0, 0.05) is 45.5 Å². The molecule has 156 valence electrons. The molecule has 0 saturated carbocycles. The van der Waals surface area contributed by atoms with E-state index in [2.05, 4.69) is 5.32 Å². The highest BCUT2D eigenvalue weighted by molar-refractivity contribution is 5.74. The molecule has 0 aliphatic carbocycles. The summed E-state index contributed by atoms with van der Waals surface area (Å²) >= 11 is 0. The molecule has 1 aliphatic heterocycles. The zero-order chi connectivity index (χ0) is 20.9. The van der Waals surface area contributed by atoms with Crippen LogP contribution in [0.15, 0.2) is 54.6 Å². The number of amides is 2. The van der Waals surface area contributed by atoms with E-state index in [-0.39, 0.29) is 12.1 Å². The third-order valence-electron chi connectivity index (χ3n) is 5.00. The van der Waals surface area contributed by atoms with E-state index in [9.17, 15) is 18.0 Å². The number of hydrogen-bond donors (Lipinski definition) is 1. The molecule has 1 N–H and O–H groups in total. The van der Waals surface area contributed by atoms with Crippen LogP contribution in [0.5, 0.6) is 0 Å². The zero-order valence-corrected chi connectivity index (χ0v) is 16.2. The van der Waals surface area contributed by atoms with Crippen LogP contribution in [0, 0.1) is 0 Å². The molecule has 8 heteroatoms. The first kappa shape index (κ1) is 21.0. The number of alkyl halides is 3. The molecular formula is C21H24F3N3O2. The van der Waals surface area contributed by atoms with E-state index >= 15 is 0 Å². The minimum atomic E-state index is -4.37. The van der Waals surface area contributed by atoms with Crippen molar-refractivity contribution in [2.45, 2.75) is 12.3 Å². The Balaban J connectivity index is 1.52. The lowest BCUT2D eigenvalue weighted by atomic mass is 10.1. The van der Waals surface area contributed by atoms with E-state index in [4.69, 9.17) is 4.74 Å². The monoisotopic (exact) mass is 407 g/mol. The number of nitrogens with zero attached hydrogens (tertiary/aromatic N) is 2. The average Bonchev–Trinajstić information content (AvgIpc) is 2.74. The number of hydrogen-bond acceptors (Lipinski definition) is 3. The van der Waals surface area contributed by atoms with Gasteiger partial charge in [-0.25, -0.2) is 4.79 Å². The molecule has 1 saturated heterocycles. The van der Waals surface area contributed by atoms with Crippen LogP contribution in [-0.2, 0) is 10.9 Å². The molecule has 5 nitrogen and oxygen atoms in total. The summed E-state index contributed by atoms with van der Waals surface area (Å²) in [4.78, 5) is 16.0. The van der Waals surface area contributed by atoms with Gasteiger partial charge in [0.25, 0.3) is 0 Å². The highest BCUT2D eigenvalue weighted by Gasteiger charge is 2.31. The van der Waals surface area contributed by atoms with Gasteiger partial charge in [-0.05, 0) is 23.8 Å². The number of ether oxygens (including phenoxy) is 1. The number of benzene rings is 2. The van der Waals surface area contributed by atoms with Gasteiger partial charge in [-0.2, -0.15) is 13.2 Å². The Morgan fingerprint density at radius 3 is 2.38 bits per heavy atom. The molecule has 1 atom stereocenters. The van der Waals surface area contributed by atoms with Gasteiger partial charge in [0.2, 0.25) is 0 Å². The third kappa shape index (κ3) is 5.41. The molecule has 0 bridgehead atoms. The van der Waals surface area contributed by atoms with Crippen molar-refractivity contribution in [3.8, 4) is 0 Å². The van der Waals surface area contributed by atoms with Crippen molar-refractivity contribution in [2.24, 2.45) is 0 Å². The lowest BCUT2D eigenvalue weighted by Crippen LogP contribution is -2.52. The van der Waals surface area contributed by atoms with Gasteiger partial charge in [-0.15, -0.1) is 0 Å². The molecule has 3 rings (SSSR count). The van der Waals surface area contributed by atoms with Gasteiger partial charge in [0.1, 0.15) is 0 Å². The van der Waals surface area contributed by atoms with Crippen molar-refractivity contribution in [3.63, 3.8) is 0 Å². The summed E-state index contributed by atoms with van der Waals surface area (Å²) in [5.74, 6) is 0. The van der Waals surface area contributed by atoms with E-state index in [1.165, 1.54) is 6.07 Å². The smallest absolute Gasteiger partial charge is 0.375 e. The van der Waals surface area contributed by atoms with Gasteiger partial charge in [0.15, 0.2) is 0 Å². The Morgan fingerprint density at radius 1 is 1.07 bits per heavy atom. The number of nitrogens with one attached hydrogen (secondary N) is 1. The van der Waals surface area contributed by atoms with Gasteiger partial charge < -0.3 is 19.9 Å². The topological polar surface area (TPSA) is 44.8 Å². The first-order chi connectivity index (χ1) is 13.9. The fraction of sp³-hybridized carbons (Fsp3) is 0.381. The van der Waals surface area contributed by atoms with E-state index in [1.807, 2.05) is 35.2 Å². The normalized spacial score (nSPS) is 15.9. The molecule has 2 amide bonds. The van der Waals surface area contributed by atoms with Crippen LogP contribution in [0.2, 0.25) is 0 Å². The standard InChI is InChI=1S/C21H24F3N3O2/c1-29-19(16-6-3-2-4-7-16)15-25-20(28)27-12-10-26(11-13-27)18-9-5-8-17(14-18)21(22,23)24/h2-9,14,19H,10-13,15H2,1H3,(H,25,28). The van der Waals surface area contributed by atoms with Crippen molar-refractivity contribution >= 4 is 11.7 Å². The summed E-state index contributed by atoms with van der Waals surface area (Å²) in [5.41, 5.74) is 0.828. The first-order valence-electron chi connectivity index (χ1n) is 9.41. The highest BCUT2D eigenvalue weighted by atomic mass is 19.4. The summed E-state index contributed by atoms with van der Waals surface area (Å²) in [6, 6.07) is 14.7. The largest absolute Gasteiger partial charge is 0.416 e. The molecule has 2 aromatic rings. The Hall–Kier alpha value is -2.74. The fourth-order valence-corrected chi connectivity index (χ4v) is 3.34. The Labute approximate surface area is 168 Å². The molecule has 29 heavy (non-hydrogen) atoms. The summed E-state index contributed by atoms with van der Waals surface area (Å²) in [7, 11) is 1.59. The minimum absolute atomic E-state index is 0.202. The fourth-order valence-electron chi connectivity index (χ4n) is 3.34. The Kier molecular flexibility index (Phi) is 6.64. The second-order valence-electron chi connectivity index (χ2n) is 6.84. The van der Waals surface area contributed by atoms with E-state index in [0.717, 1.165) is 17.7 Å². The number of piperazine rings is 1. The van der Waals surface area contributed by atoms with Crippen molar-refractivity contribution in [1.29, 1.82) is 0 Å². The maximum absolute atomic E-state index is 12.9. The average molecular weight is 407 g/mol. The molecule has 1 fully saturated rings. The predicted octanol–water partition coefficient (Wildman–Crippen LogP) is 3.92. The van der Waals surface area contributed by atoms with Gasteiger partial charge in [0.05, 0.1) is 11.7 Å². The van der Waals surface area contributed by atoms with E-state index < -0.39 is 11.7 Å². The predicted molar refractivity (Wildman–Crippen MR) is 105 cm³/mol. The molecule has 2 aromatic carbocycles. The van der Waals surface area contributed by atoms with Gasteiger partial charge >= 0.3 is 12.2 Å². The summed E-state index contributed by atoms with van der Waals surface area (Å²) in [6.45, 7) is 2.16. The number of urea groups is 1. The van der Waals surface area contributed by atoms with Crippen molar-refractivity contribution < 1.29 is 22.7 Å². The zero-order valence-electron chi connectivity index (χ0n) is 16.2. The maximum Gasteiger partial charge on any atom is 0.416 e. The summed E-state index contributed by atoms with van der Waals surface area (Å²) < 4.78 is 44.2. The molecule has 0 spiro atoms. The number of methoxy groups -OCH3 is 1. The number of anilines is 1. The van der Waals surface area contributed by atoms with Crippen molar-refractivity contribution in [1.82, 2.24) is 10.2 Å². The Morgan fingerprint density at radius 2 is 1.76 bits per heavy atom. The van der Waals surface area contributed by atoms with Crippen LogP contribution in [0.3, 0.4) is 0 Å². The molecule has 1 heterocycles. The highest BCUT2D eigenvalue weighted by Crippen LogP contribution is 2.31. The van der Waals surface area contributed by atoms with Crippen LogP contribution in [-0.4, -0.2) is 50.8 Å². The minimum Gasteiger partial charge on any atom is -0.375 e. The number of carbonyl (C=O) groups excluding carboxylic acids is 1.